The molecule has 2 fully saturated rings. The molecule has 1 aliphatic carbocycles. The van der Waals surface area contributed by atoms with Crippen molar-refractivity contribution < 1.29 is 4.79 Å². The van der Waals surface area contributed by atoms with E-state index in [9.17, 15) is 9.59 Å². The summed E-state index contributed by atoms with van der Waals surface area (Å²) in [4.78, 5) is 33.9. The second kappa shape index (κ2) is 8.69. The van der Waals surface area contributed by atoms with E-state index in [2.05, 4.69) is 15.0 Å². The number of carbonyl (C=O) groups excluding carboxylic acids is 1. The lowest BCUT2D eigenvalue weighted by Crippen LogP contribution is -2.48. The van der Waals surface area contributed by atoms with Gasteiger partial charge in [-0.15, -0.1) is 0 Å². The van der Waals surface area contributed by atoms with Crippen molar-refractivity contribution in [2.75, 3.05) is 26.2 Å². The zero-order valence-corrected chi connectivity index (χ0v) is 17.4. The molecule has 1 aliphatic heterocycles. The predicted molar refractivity (Wildman–Crippen MR) is 110 cm³/mol. The summed E-state index contributed by atoms with van der Waals surface area (Å²) in [6, 6.07) is 1.51. The Morgan fingerprint density at radius 3 is 2.68 bits per heavy atom. The van der Waals surface area contributed by atoms with Gasteiger partial charge in [0.1, 0.15) is 5.01 Å². The topological polar surface area (TPSA) is 70.8 Å². The van der Waals surface area contributed by atoms with Crippen molar-refractivity contribution >= 4 is 22.2 Å². The molecule has 0 unspecified atom stereocenters. The monoisotopic (exact) mass is 403 g/mol. The van der Waals surface area contributed by atoms with Crippen LogP contribution in [0.15, 0.2) is 10.9 Å². The van der Waals surface area contributed by atoms with Crippen LogP contribution < -0.4 is 5.56 Å². The molecule has 0 N–H and O–H groups in total. The van der Waals surface area contributed by atoms with Crippen LogP contribution >= 0.6 is 11.3 Å². The Kier molecular flexibility index (Phi) is 6.06. The number of amides is 1. The number of carbonyl (C=O) groups is 1. The van der Waals surface area contributed by atoms with Gasteiger partial charge in [0.25, 0.3) is 5.56 Å². The summed E-state index contributed by atoms with van der Waals surface area (Å²) in [5.41, 5.74) is 0.596. The molecule has 7 nitrogen and oxygen atoms in total. The molecule has 0 spiro atoms. The van der Waals surface area contributed by atoms with Crippen molar-refractivity contribution in [2.24, 2.45) is 5.92 Å². The van der Waals surface area contributed by atoms with Crippen molar-refractivity contribution in [1.29, 1.82) is 0 Å². The molecule has 8 heteroatoms. The first-order valence-electron chi connectivity index (χ1n) is 10.4. The number of piperazine rings is 1. The van der Waals surface area contributed by atoms with Gasteiger partial charge in [0.2, 0.25) is 10.9 Å². The van der Waals surface area contributed by atoms with Gasteiger partial charge < -0.3 is 4.90 Å². The lowest BCUT2D eigenvalue weighted by atomic mass is 9.86. The number of aromatic nitrogens is 3. The molecule has 1 saturated carbocycles. The molecule has 152 valence electrons. The summed E-state index contributed by atoms with van der Waals surface area (Å²) in [7, 11) is 0. The van der Waals surface area contributed by atoms with Crippen LogP contribution in [0.4, 0.5) is 0 Å². The molecule has 28 heavy (non-hydrogen) atoms. The first-order valence-corrected chi connectivity index (χ1v) is 11.3. The Balaban J connectivity index is 1.26. The van der Waals surface area contributed by atoms with Gasteiger partial charge in [-0.25, -0.2) is 4.98 Å². The van der Waals surface area contributed by atoms with Crippen LogP contribution in [-0.4, -0.2) is 56.5 Å². The van der Waals surface area contributed by atoms with E-state index in [0.717, 1.165) is 49.2 Å². The summed E-state index contributed by atoms with van der Waals surface area (Å²) in [6.45, 7) is 5.80. The van der Waals surface area contributed by atoms with Gasteiger partial charge in [0.15, 0.2) is 0 Å². The Labute approximate surface area is 169 Å². The van der Waals surface area contributed by atoms with Crippen molar-refractivity contribution in [2.45, 2.75) is 58.4 Å². The molecule has 2 aliphatic rings. The van der Waals surface area contributed by atoms with Crippen molar-refractivity contribution in [3.8, 4) is 0 Å². The highest BCUT2D eigenvalue weighted by molar-refractivity contribution is 7.16. The van der Waals surface area contributed by atoms with Crippen molar-refractivity contribution in [3.63, 3.8) is 0 Å². The predicted octanol–water partition coefficient (Wildman–Crippen LogP) is 2.46. The summed E-state index contributed by atoms with van der Waals surface area (Å²) >= 11 is 1.47. The van der Waals surface area contributed by atoms with Crippen LogP contribution in [0, 0.1) is 12.8 Å². The minimum Gasteiger partial charge on any atom is -0.340 e. The second-order valence-corrected chi connectivity index (χ2v) is 9.17. The van der Waals surface area contributed by atoms with Gasteiger partial charge in [-0.2, -0.15) is 9.61 Å². The van der Waals surface area contributed by atoms with Gasteiger partial charge in [0.05, 0.1) is 6.54 Å². The molecule has 0 aromatic carbocycles. The molecule has 4 rings (SSSR count). The average molecular weight is 404 g/mol. The standard InChI is InChI=1S/C20H29N5O2S/c1-15-13-19(27)25-20(21-15)28-17(22-25)14-23-9-11-24(12-10-23)18(26)8-7-16-5-3-2-4-6-16/h13,16H,2-12,14H2,1H3. The van der Waals surface area contributed by atoms with Crippen LogP contribution in [0.5, 0.6) is 0 Å². The third kappa shape index (κ3) is 4.60. The maximum Gasteiger partial charge on any atom is 0.275 e. The largest absolute Gasteiger partial charge is 0.340 e. The van der Waals surface area contributed by atoms with Gasteiger partial charge in [-0.3, -0.25) is 14.5 Å². The molecule has 2 aromatic rings. The van der Waals surface area contributed by atoms with E-state index >= 15 is 0 Å². The number of nitrogens with zero attached hydrogens (tertiary/aromatic N) is 5. The van der Waals surface area contributed by atoms with E-state index < -0.39 is 0 Å². The Bertz CT molecular complexity index is 878. The highest BCUT2D eigenvalue weighted by Gasteiger charge is 2.23. The fourth-order valence-corrected chi connectivity index (χ4v) is 5.32. The lowest BCUT2D eigenvalue weighted by molar-refractivity contribution is -0.133. The van der Waals surface area contributed by atoms with Gasteiger partial charge in [0, 0.05) is 44.4 Å². The zero-order chi connectivity index (χ0) is 19.5. The molecule has 1 amide bonds. The summed E-state index contributed by atoms with van der Waals surface area (Å²) in [5.74, 6) is 1.08. The highest BCUT2D eigenvalue weighted by atomic mass is 32.1. The number of hydrogen-bond donors (Lipinski definition) is 0. The molecule has 1 saturated heterocycles. The smallest absolute Gasteiger partial charge is 0.275 e. The third-order valence-corrected chi connectivity index (χ3v) is 6.88. The lowest BCUT2D eigenvalue weighted by Gasteiger charge is -2.34. The first kappa shape index (κ1) is 19.5. The first-order chi connectivity index (χ1) is 13.6. The fourth-order valence-electron chi connectivity index (χ4n) is 4.33. The molecule has 2 aromatic heterocycles. The third-order valence-electron chi connectivity index (χ3n) is 5.99. The second-order valence-electron chi connectivity index (χ2n) is 8.13. The van der Waals surface area contributed by atoms with Crippen LogP contribution in [0.3, 0.4) is 0 Å². The van der Waals surface area contributed by atoms with E-state index in [1.807, 2.05) is 11.8 Å². The highest BCUT2D eigenvalue weighted by Crippen LogP contribution is 2.27. The maximum absolute atomic E-state index is 12.5. The number of rotatable bonds is 5. The minimum absolute atomic E-state index is 0.126. The number of aryl methyl sites for hydroxylation is 1. The summed E-state index contributed by atoms with van der Waals surface area (Å²) < 4.78 is 1.39. The number of hydrogen-bond acceptors (Lipinski definition) is 6. The summed E-state index contributed by atoms with van der Waals surface area (Å²) in [5, 5.41) is 5.32. The Morgan fingerprint density at radius 1 is 1.18 bits per heavy atom. The SMILES string of the molecule is Cc1cc(=O)n2nc(CN3CCN(C(=O)CCC4CCCCC4)CC3)sc2n1. The average Bonchev–Trinajstić information content (AvgIpc) is 3.10. The van der Waals surface area contributed by atoms with E-state index in [4.69, 9.17) is 0 Å². The fraction of sp³-hybridized carbons (Fsp3) is 0.700. The Hall–Kier alpha value is -1.80. The van der Waals surface area contributed by atoms with Gasteiger partial charge in [-0.1, -0.05) is 43.4 Å². The molecular formula is C20H29N5O2S. The van der Waals surface area contributed by atoms with E-state index in [0.29, 0.717) is 23.8 Å². The summed E-state index contributed by atoms with van der Waals surface area (Å²) in [6.07, 6.45) is 8.42. The van der Waals surface area contributed by atoms with Crippen molar-refractivity contribution in [1.82, 2.24) is 24.4 Å². The van der Waals surface area contributed by atoms with Gasteiger partial charge in [-0.05, 0) is 19.3 Å². The van der Waals surface area contributed by atoms with Crippen LogP contribution in [0.2, 0.25) is 0 Å². The van der Waals surface area contributed by atoms with Crippen molar-refractivity contribution in [3.05, 3.63) is 27.1 Å². The Morgan fingerprint density at radius 2 is 1.93 bits per heavy atom. The molecule has 0 bridgehead atoms. The number of fused-ring (bicyclic) bond motifs is 1. The normalized spacial score (nSPS) is 19.4. The quantitative estimate of drug-likeness (QED) is 0.767. The van der Waals surface area contributed by atoms with E-state index in [1.54, 1.807) is 0 Å². The van der Waals surface area contributed by atoms with Crippen LogP contribution in [0.1, 0.15) is 55.6 Å². The van der Waals surface area contributed by atoms with Crippen LogP contribution in [-0.2, 0) is 11.3 Å². The van der Waals surface area contributed by atoms with Gasteiger partial charge >= 0.3 is 0 Å². The van der Waals surface area contributed by atoms with E-state index in [1.165, 1.54) is 54.0 Å². The molecular weight excluding hydrogens is 374 g/mol. The zero-order valence-electron chi connectivity index (χ0n) is 16.6. The molecule has 3 heterocycles. The maximum atomic E-state index is 12.5. The van der Waals surface area contributed by atoms with Crippen LogP contribution in [0.25, 0.3) is 4.96 Å². The van der Waals surface area contributed by atoms with E-state index in [-0.39, 0.29) is 5.56 Å². The molecule has 0 radical (unpaired) electrons. The molecule has 0 atom stereocenters. The minimum atomic E-state index is -0.126.